The van der Waals surface area contributed by atoms with Crippen LogP contribution in [0.1, 0.15) is 11.8 Å². The second-order valence-corrected chi connectivity index (χ2v) is 8.96. The Balaban J connectivity index is 1.75. The van der Waals surface area contributed by atoms with Gasteiger partial charge in [-0.2, -0.15) is 0 Å². The van der Waals surface area contributed by atoms with Gasteiger partial charge in [0.05, 0.1) is 9.40 Å². The van der Waals surface area contributed by atoms with Crippen LogP contribution in [0.3, 0.4) is 0 Å². The molecule has 0 unspecified atom stereocenters. The molecule has 5 aromatic rings. The van der Waals surface area contributed by atoms with Crippen molar-refractivity contribution in [2.45, 2.75) is 13.3 Å². The van der Waals surface area contributed by atoms with Gasteiger partial charge in [0, 0.05) is 29.9 Å². The summed E-state index contributed by atoms with van der Waals surface area (Å²) >= 11 is 5.77. The molecule has 0 atom stereocenters. The summed E-state index contributed by atoms with van der Waals surface area (Å²) < 4.78 is 5.68. The fraction of sp³-hybridized carbons (Fsp3) is 0.100. The molecule has 0 nitrogen and oxygen atoms in total. The molecule has 0 fully saturated rings. The Labute approximate surface area is 146 Å². The monoisotopic (exact) mass is 350 g/mol. The minimum Gasteiger partial charge on any atom is -0.140 e. The molecule has 5 rings (SSSR count). The maximum atomic E-state index is 2.37. The molecule has 112 valence electrons. The van der Waals surface area contributed by atoms with Crippen molar-refractivity contribution in [3.05, 3.63) is 59.5 Å². The van der Waals surface area contributed by atoms with Gasteiger partial charge in [0.15, 0.2) is 0 Å². The van der Waals surface area contributed by atoms with Crippen molar-refractivity contribution >= 4 is 63.6 Å². The first-order valence-corrected chi connectivity index (χ1v) is 10.2. The number of fused-ring (bicyclic) bond motifs is 5. The Morgan fingerprint density at radius 1 is 0.739 bits per heavy atom. The minimum absolute atomic E-state index is 1.12. The maximum Gasteiger partial charge on any atom is 0.0542 e. The lowest BCUT2D eigenvalue weighted by molar-refractivity contribution is 1.19. The van der Waals surface area contributed by atoms with Crippen LogP contribution in [0.5, 0.6) is 0 Å². The summed E-state index contributed by atoms with van der Waals surface area (Å²) in [6, 6.07) is 20.2. The van der Waals surface area contributed by atoms with E-state index in [1.807, 2.05) is 34.0 Å². The predicted octanol–water partition coefficient (Wildman–Crippen LogP) is 7.56. The molecule has 0 saturated carbocycles. The highest BCUT2D eigenvalue weighted by Gasteiger charge is 2.12. The third kappa shape index (κ3) is 2.08. The standard InChI is InChI=1S/C20H14S3/c1-2-13-8-10-16(21-13)12-7-9-15-18(11-12)23-19-14-5-3-4-6-17(14)22-20(15)19/h3-11H,2H2,1H3. The number of aryl methyl sites for hydroxylation is 1. The van der Waals surface area contributed by atoms with E-state index in [1.54, 1.807) is 0 Å². The van der Waals surface area contributed by atoms with Gasteiger partial charge in [0.1, 0.15) is 0 Å². The molecule has 0 N–H and O–H groups in total. The van der Waals surface area contributed by atoms with E-state index in [2.05, 4.69) is 61.5 Å². The topological polar surface area (TPSA) is 0 Å². The normalized spacial score (nSPS) is 11.9. The van der Waals surface area contributed by atoms with Crippen molar-refractivity contribution in [1.29, 1.82) is 0 Å². The van der Waals surface area contributed by atoms with Gasteiger partial charge >= 0.3 is 0 Å². The van der Waals surface area contributed by atoms with Gasteiger partial charge in [-0.25, -0.2) is 0 Å². The van der Waals surface area contributed by atoms with E-state index in [-0.39, 0.29) is 0 Å². The molecule has 0 bridgehead atoms. The van der Waals surface area contributed by atoms with Crippen LogP contribution in [-0.4, -0.2) is 0 Å². The molecule has 0 saturated heterocycles. The predicted molar refractivity (Wildman–Crippen MR) is 107 cm³/mol. The van der Waals surface area contributed by atoms with E-state index in [4.69, 9.17) is 0 Å². The van der Waals surface area contributed by atoms with E-state index in [1.165, 1.54) is 44.9 Å². The molecule has 0 aliphatic rings. The Morgan fingerprint density at radius 3 is 2.35 bits per heavy atom. The number of thiophene rings is 3. The Hall–Kier alpha value is -1.68. The number of rotatable bonds is 2. The van der Waals surface area contributed by atoms with Crippen LogP contribution in [-0.2, 0) is 6.42 Å². The van der Waals surface area contributed by atoms with Crippen LogP contribution in [0.4, 0.5) is 0 Å². The van der Waals surface area contributed by atoms with Gasteiger partial charge in [-0.05, 0) is 36.2 Å². The lowest BCUT2D eigenvalue weighted by Gasteiger charge is -1.98. The highest BCUT2D eigenvalue weighted by molar-refractivity contribution is 7.36. The Bertz CT molecular complexity index is 1150. The molecule has 0 aliphatic carbocycles. The lowest BCUT2D eigenvalue weighted by atomic mass is 10.1. The van der Waals surface area contributed by atoms with Crippen LogP contribution in [0.25, 0.3) is 40.0 Å². The Kier molecular flexibility index (Phi) is 3.08. The summed E-state index contributed by atoms with van der Waals surface area (Å²) in [5.41, 5.74) is 1.35. The fourth-order valence-corrected chi connectivity index (χ4v) is 6.72. The first kappa shape index (κ1) is 13.7. The van der Waals surface area contributed by atoms with Crippen LogP contribution in [0, 0.1) is 0 Å². The van der Waals surface area contributed by atoms with Crippen molar-refractivity contribution in [2.24, 2.45) is 0 Å². The second kappa shape index (κ2) is 5.17. The molecular weight excluding hydrogens is 336 g/mol. The average molecular weight is 351 g/mol. The average Bonchev–Trinajstić information content (AvgIpc) is 3.27. The molecule has 2 aromatic carbocycles. The van der Waals surface area contributed by atoms with Gasteiger partial charge in [-0.15, -0.1) is 34.0 Å². The van der Waals surface area contributed by atoms with Crippen molar-refractivity contribution in [2.75, 3.05) is 0 Å². The van der Waals surface area contributed by atoms with Gasteiger partial charge in [-0.3, -0.25) is 0 Å². The zero-order valence-corrected chi connectivity index (χ0v) is 15.1. The van der Waals surface area contributed by atoms with Gasteiger partial charge in [-0.1, -0.05) is 37.3 Å². The first-order chi connectivity index (χ1) is 11.3. The molecule has 23 heavy (non-hydrogen) atoms. The Morgan fingerprint density at radius 2 is 1.52 bits per heavy atom. The summed E-state index contributed by atoms with van der Waals surface area (Å²) in [6.07, 6.45) is 1.12. The summed E-state index contributed by atoms with van der Waals surface area (Å²) in [6.45, 7) is 2.22. The zero-order valence-electron chi connectivity index (χ0n) is 12.6. The molecule has 0 spiro atoms. The van der Waals surface area contributed by atoms with Gasteiger partial charge in [0.2, 0.25) is 0 Å². The van der Waals surface area contributed by atoms with Gasteiger partial charge in [0.25, 0.3) is 0 Å². The van der Waals surface area contributed by atoms with Crippen molar-refractivity contribution in [1.82, 2.24) is 0 Å². The largest absolute Gasteiger partial charge is 0.140 e. The second-order valence-electron chi connectivity index (χ2n) is 5.69. The quantitative estimate of drug-likeness (QED) is 0.308. The number of benzene rings is 2. The van der Waals surface area contributed by atoms with Crippen LogP contribution >= 0.6 is 34.0 Å². The van der Waals surface area contributed by atoms with Crippen LogP contribution in [0.2, 0.25) is 0 Å². The van der Waals surface area contributed by atoms with Gasteiger partial charge < -0.3 is 0 Å². The lowest BCUT2D eigenvalue weighted by Crippen LogP contribution is -1.70. The van der Waals surface area contributed by atoms with E-state index in [9.17, 15) is 0 Å². The summed E-state index contributed by atoms with van der Waals surface area (Å²) in [7, 11) is 0. The SMILES string of the molecule is CCc1ccc(-c2ccc3c(c2)sc2c4ccccc4sc32)s1. The van der Waals surface area contributed by atoms with E-state index < -0.39 is 0 Å². The third-order valence-corrected chi connectivity index (χ3v) is 8.08. The highest BCUT2D eigenvalue weighted by Crippen LogP contribution is 2.45. The molecule has 3 aromatic heterocycles. The summed E-state index contributed by atoms with van der Waals surface area (Å²) in [5, 5.41) is 2.81. The minimum atomic E-state index is 1.12. The third-order valence-electron chi connectivity index (χ3n) is 4.28. The van der Waals surface area contributed by atoms with E-state index in [0.29, 0.717) is 0 Å². The highest BCUT2D eigenvalue weighted by atomic mass is 32.1. The molecule has 0 radical (unpaired) electrons. The number of hydrogen-bond acceptors (Lipinski definition) is 3. The van der Waals surface area contributed by atoms with Crippen molar-refractivity contribution < 1.29 is 0 Å². The number of hydrogen-bond donors (Lipinski definition) is 0. The molecule has 0 aliphatic heterocycles. The summed E-state index contributed by atoms with van der Waals surface area (Å²) in [5.74, 6) is 0. The fourth-order valence-electron chi connectivity index (χ4n) is 3.08. The van der Waals surface area contributed by atoms with Crippen molar-refractivity contribution in [3.8, 4) is 10.4 Å². The van der Waals surface area contributed by atoms with Crippen LogP contribution in [0.15, 0.2) is 54.6 Å². The first-order valence-electron chi connectivity index (χ1n) is 7.76. The van der Waals surface area contributed by atoms with Crippen molar-refractivity contribution in [3.63, 3.8) is 0 Å². The van der Waals surface area contributed by atoms with E-state index >= 15 is 0 Å². The summed E-state index contributed by atoms with van der Waals surface area (Å²) in [4.78, 5) is 2.84. The molecular formula is C20H14S3. The van der Waals surface area contributed by atoms with Crippen LogP contribution < -0.4 is 0 Å². The smallest absolute Gasteiger partial charge is 0.0542 e. The molecule has 3 heteroatoms. The maximum absolute atomic E-state index is 2.37. The molecule has 0 amide bonds. The zero-order chi connectivity index (χ0) is 15.4. The molecule has 3 heterocycles. The van der Waals surface area contributed by atoms with E-state index in [0.717, 1.165) is 6.42 Å².